The van der Waals surface area contributed by atoms with Crippen molar-refractivity contribution in [2.24, 2.45) is 7.05 Å². The summed E-state index contributed by atoms with van der Waals surface area (Å²) in [7, 11) is 1.87. The lowest BCUT2D eigenvalue weighted by Gasteiger charge is -2.36. The highest BCUT2D eigenvalue weighted by Crippen LogP contribution is 2.32. The van der Waals surface area contributed by atoms with Gasteiger partial charge in [-0.25, -0.2) is 0 Å². The molecule has 0 aromatic carbocycles. The molecule has 8 nitrogen and oxygen atoms in total. The largest absolute Gasteiger partial charge is 0.379 e. The first-order chi connectivity index (χ1) is 13.7. The van der Waals surface area contributed by atoms with Gasteiger partial charge in [0.15, 0.2) is 0 Å². The van der Waals surface area contributed by atoms with Crippen LogP contribution >= 0.6 is 0 Å². The number of rotatable bonds is 7. The van der Waals surface area contributed by atoms with Crippen LogP contribution in [0.5, 0.6) is 0 Å². The van der Waals surface area contributed by atoms with Crippen LogP contribution in [0.2, 0.25) is 0 Å². The first-order valence-corrected chi connectivity index (χ1v) is 10.5. The SMILES string of the molecule is Cn1ccc(CC(=O)N2CC[C@H]3O[C@@H](COCCN4CCOCC4)CC[C@H]32)n1. The highest BCUT2D eigenvalue weighted by atomic mass is 16.5. The van der Waals surface area contributed by atoms with E-state index in [0.717, 1.165) is 71.0 Å². The Morgan fingerprint density at radius 2 is 2.11 bits per heavy atom. The lowest BCUT2D eigenvalue weighted by molar-refractivity contribution is -0.138. The molecule has 0 spiro atoms. The number of hydrogen-bond acceptors (Lipinski definition) is 6. The second-order valence-electron chi connectivity index (χ2n) is 8.00. The van der Waals surface area contributed by atoms with Gasteiger partial charge in [0.2, 0.25) is 5.91 Å². The number of likely N-dealkylation sites (tertiary alicyclic amines) is 1. The Kier molecular flexibility index (Phi) is 6.61. The number of aryl methyl sites for hydroxylation is 1. The number of morpholine rings is 1. The summed E-state index contributed by atoms with van der Waals surface area (Å²) in [5.41, 5.74) is 0.833. The molecule has 0 bridgehead atoms. The lowest BCUT2D eigenvalue weighted by Crippen LogP contribution is -2.46. The normalized spacial score (nSPS) is 28.5. The van der Waals surface area contributed by atoms with Gasteiger partial charge in [0, 0.05) is 39.4 Å². The van der Waals surface area contributed by atoms with Crippen LogP contribution in [-0.2, 0) is 32.5 Å². The van der Waals surface area contributed by atoms with E-state index in [2.05, 4.69) is 10.00 Å². The number of carbonyl (C=O) groups is 1. The fourth-order valence-electron chi connectivity index (χ4n) is 4.48. The van der Waals surface area contributed by atoms with Gasteiger partial charge < -0.3 is 19.1 Å². The van der Waals surface area contributed by atoms with Gasteiger partial charge in [-0.1, -0.05) is 0 Å². The van der Waals surface area contributed by atoms with Crippen molar-refractivity contribution in [2.45, 2.75) is 43.9 Å². The van der Waals surface area contributed by atoms with E-state index in [-0.39, 0.29) is 24.2 Å². The van der Waals surface area contributed by atoms with Gasteiger partial charge in [-0.3, -0.25) is 14.4 Å². The van der Waals surface area contributed by atoms with Crippen LogP contribution < -0.4 is 0 Å². The molecule has 1 aromatic heterocycles. The van der Waals surface area contributed by atoms with Gasteiger partial charge in [-0.05, 0) is 25.3 Å². The Morgan fingerprint density at radius 1 is 1.25 bits per heavy atom. The van der Waals surface area contributed by atoms with Gasteiger partial charge in [0.05, 0.1) is 56.8 Å². The van der Waals surface area contributed by atoms with Crippen molar-refractivity contribution < 1.29 is 19.0 Å². The molecule has 0 unspecified atom stereocenters. The Labute approximate surface area is 166 Å². The Morgan fingerprint density at radius 3 is 2.89 bits per heavy atom. The molecule has 3 atom stereocenters. The summed E-state index contributed by atoms with van der Waals surface area (Å²) in [6, 6.07) is 2.12. The molecule has 3 aliphatic rings. The van der Waals surface area contributed by atoms with Gasteiger partial charge in [-0.15, -0.1) is 0 Å². The summed E-state index contributed by atoms with van der Waals surface area (Å²) in [5.74, 6) is 0.162. The predicted molar refractivity (Wildman–Crippen MR) is 103 cm³/mol. The number of aromatic nitrogens is 2. The molecule has 8 heteroatoms. The average Bonchev–Trinajstić information content (AvgIpc) is 3.31. The van der Waals surface area contributed by atoms with Gasteiger partial charge in [0.25, 0.3) is 0 Å². The number of amides is 1. The second kappa shape index (κ2) is 9.35. The fraction of sp³-hybridized carbons (Fsp3) is 0.800. The van der Waals surface area contributed by atoms with Gasteiger partial charge >= 0.3 is 0 Å². The summed E-state index contributed by atoms with van der Waals surface area (Å²) in [4.78, 5) is 17.1. The van der Waals surface area contributed by atoms with Crippen molar-refractivity contribution in [3.05, 3.63) is 18.0 Å². The Hall–Kier alpha value is -1.48. The van der Waals surface area contributed by atoms with E-state index in [0.29, 0.717) is 13.0 Å². The Balaban J connectivity index is 1.17. The maximum atomic E-state index is 12.7. The molecule has 4 heterocycles. The number of hydrogen-bond donors (Lipinski definition) is 0. The monoisotopic (exact) mass is 392 g/mol. The van der Waals surface area contributed by atoms with Crippen LogP contribution in [-0.4, -0.2) is 96.3 Å². The third-order valence-corrected chi connectivity index (χ3v) is 6.02. The predicted octanol–water partition coefficient (Wildman–Crippen LogP) is 0.460. The molecular formula is C20H32N4O4. The molecule has 0 saturated carbocycles. The topological polar surface area (TPSA) is 69.1 Å². The summed E-state index contributed by atoms with van der Waals surface area (Å²) >= 11 is 0. The van der Waals surface area contributed by atoms with Crippen molar-refractivity contribution in [3.8, 4) is 0 Å². The van der Waals surface area contributed by atoms with Crippen LogP contribution in [0.3, 0.4) is 0 Å². The molecule has 1 aromatic rings. The number of fused-ring (bicyclic) bond motifs is 1. The smallest absolute Gasteiger partial charge is 0.228 e. The maximum absolute atomic E-state index is 12.7. The van der Waals surface area contributed by atoms with Crippen LogP contribution in [0.1, 0.15) is 25.0 Å². The van der Waals surface area contributed by atoms with Crippen LogP contribution in [0, 0.1) is 0 Å². The number of ether oxygens (including phenoxy) is 3. The maximum Gasteiger partial charge on any atom is 0.228 e. The molecular weight excluding hydrogens is 360 g/mol. The fourth-order valence-corrected chi connectivity index (χ4v) is 4.48. The molecule has 0 N–H and O–H groups in total. The minimum Gasteiger partial charge on any atom is -0.379 e. The van der Waals surface area contributed by atoms with E-state index in [4.69, 9.17) is 14.2 Å². The quantitative estimate of drug-likeness (QED) is 0.628. The van der Waals surface area contributed by atoms with E-state index in [9.17, 15) is 4.79 Å². The zero-order chi connectivity index (χ0) is 19.3. The molecule has 3 fully saturated rings. The number of nitrogens with zero attached hydrogens (tertiary/aromatic N) is 4. The van der Waals surface area contributed by atoms with E-state index < -0.39 is 0 Å². The average molecular weight is 393 g/mol. The summed E-state index contributed by atoms with van der Waals surface area (Å²) in [6.07, 6.45) is 5.41. The highest BCUT2D eigenvalue weighted by Gasteiger charge is 2.41. The van der Waals surface area contributed by atoms with Crippen LogP contribution in [0.15, 0.2) is 12.3 Å². The van der Waals surface area contributed by atoms with Crippen molar-refractivity contribution >= 4 is 5.91 Å². The second-order valence-corrected chi connectivity index (χ2v) is 8.00. The minimum absolute atomic E-state index is 0.147. The van der Waals surface area contributed by atoms with Crippen molar-refractivity contribution in [2.75, 3.05) is 52.6 Å². The van der Waals surface area contributed by atoms with E-state index >= 15 is 0 Å². The summed E-state index contributed by atoms with van der Waals surface area (Å²) in [5, 5.41) is 4.32. The third kappa shape index (κ3) is 4.92. The molecule has 0 radical (unpaired) electrons. The Bertz CT molecular complexity index is 646. The van der Waals surface area contributed by atoms with Crippen molar-refractivity contribution in [1.29, 1.82) is 0 Å². The molecule has 28 heavy (non-hydrogen) atoms. The van der Waals surface area contributed by atoms with Gasteiger partial charge in [0.1, 0.15) is 0 Å². The molecule has 4 rings (SSSR count). The molecule has 156 valence electrons. The molecule has 1 amide bonds. The highest BCUT2D eigenvalue weighted by molar-refractivity contribution is 5.79. The van der Waals surface area contributed by atoms with E-state index in [1.54, 1.807) is 4.68 Å². The molecule has 3 aliphatic heterocycles. The van der Waals surface area contributed by atoms with Crippen molar-refractivity contribution in [1.82, 2.24) is 19.6 Å². The summed E-state index contributed by atoms with van der Waals surface area (Å²) < 4.78 is 19.3. The molecule has 3 saturated heterocycles. The zero-order valence-corrected chi connectivity index (χ0v) is 16.8. The van der Waals surface area contributed by atoms with Gasteiger partial charge in [-0.2, -0.15) is 5.10 Å². The standard InChI is InChI=1S/C20H32N4O4/c1-22-6-4-16(21-22)14-20(25)24-7-5-19-18(24)3-2-17(28-19)15-27-13-10-23-8-11-26-12-9-23/h4,6,17-19H,2-3,5,7-15H2,1H3/t17-,18-,19-/m1/s1. The summed E-state index contributed by atoms with van der Waals surface area (Å²) in [6.45, 7) is 6.77. The zero-order valence-electron chi connectivity index (χ0n) is 16.8. The van der Waals surface area contributed by atoms with E-state index in [1.807, 2.05) is 24.2 Å². The van der Waals surface area contributed by atoms with Crippen LogP contribution in [0.4, 0.5) is 0 Å². The van der Waals surface area contributed by atoms with Crippen molar-refractivity contribution in [3.63, 3.8) is 0 Å². The van der Waals surface area contributed by atoms with E-state index in [1.165, 1.54) is 0 Å². The third-order valence-electron chi connectivity index (χ3n) is 6.02. The number of carbonyl (C=O) groups excluding carboxylic acids is 1. The minimum atomic E-state index is 0.147. The van der Waals surface area contributed by atoms with Crippen LogP contribution in [0.25, 0.3) is 0 Å². The first-order valence-electron chi connectivity index (χ1n) is 10.5. The lowest BCUT2D eigenvalue weighted by atomic mass is 9.99. The molecule has 0 aliphatic carbocycles. The first kappa shape index (κ1) is 19.8.